The first kappa shape index (κ1) is 27.4. The molecule has 1 fully saturated rings. The molecule has 11 nitrogen and oxygen atoms in total. The van der Waals surface area contributed by atoms with Crippen LogP contribution in [0.25, 0.3) is 16.7 Å². The van der Waals surface area contributed by atoms with Gasteiger partial charge in [0.15, 0.2) is 5.65 Å². The monoisotopic (exact) mass is 566 g/mol. The smallest absolute Gasteiger partial charge is 0.410 e. The Bertz CT molecular complexity index is 1800. The average molecular weight is 567 g/mol. The van der Waals surface area contributed by atoms with Gasteiger partial charge >= 0.3 is 6.09 Å². The van der Waals surface area contributed by atoms with Crippen LogP contribution in [-0.4, -0.2) is 47.5 Å². The Kier molecular flexibility index (Phi) is 6.52. The van der Waals surface area contributed by atoms with Crippen molar-refractivity contribution in [2.24, 2.45) is 0 Å². The molecule has 216 valence electrons. The summed E-state index contributed by atoms with van der Waals surface area (Å²) in [5.74, 6) is 0.355. The molecule has 3 aromatic heterocycles. The number of aromatic nitrogens is 5. The van der Waals surface area contributed by atoms with Crippen molar-refractivity contribution in [2.45, 2.75) is 77.5 Å². The van der Waals surface area contributed by atoms with Gasteiger partial charge in [-0.25, -0.2) is 19.1 Å². The zero-order valence-corrected chi connectivity index (χ0v) is 24.5. The third kappa shape index (κ3) is 4.98. The van der Waals surface area contributed by atoms with Gasteiger partial charge in [0.25, 0.3) is 5.56 Å². The maximum Gasteiger partial charge on any atom is 0.410 e. The molecule has 6 rings (SSSR count). The van der Waals surface area contributed by atoms with Crippen LogP contribution in [0.1, 0.15) is 70.3 Å². The minimum Gasteiger partial charge on any atom is -0.444 e. The second kappa shape index (κ2) is 9.98. The summed E-state index contributed by atoms with van der Waals surface area (Å²) in [5, 5.41) is 13.4. The standard InChI is InChI=1S/C31H34N8O3/c1-19(2)38-27(40)24-16-34-28(36-26(24)39(38)23-8-12-33-25(15-23)31(18-32)10-11-31)35-22-7-6-21-17-37(13-9-20(21)14-22)29(41)42-30(3,4)5/h6-8,12,14-16,19H,9-11,13,17H2,1-5H3,(H,34,35,36). The minimum atomic E-state index is -0.556. The molecular formula is C31H34N8O3. The quantitative estimate of drug-likeness (QED) is 0.351. The molecule has 0 saturated heterocycles. The van der Waals surface area contributed by atoms with Crippen LogP contribution in [0.15, 0.2) is 47.5 Å². The van der Waals surface area contributed by atoms with Crippen LogP contribution < -0.4 is 10.9 Å². The highest BCUT2D eigenvalue weighted by atomic mass is 16.6. The van der Waals surface area contributed by atoms with Crippen LogP contribution in [0.5, 0.6) is 0 Å². The van der Waals surface area contributed by atoms with Gasteiger partial charge < -0.3 is 15.0 Å². The Morgan fingerprint density at radius 2 is 1.93 bits per heavy atom. The number of ether oxygens (including phenoxy) is 1. The van der Waals surface area contributed by atoms with Crippen LogP contribution in [0.2, 0.25) is 0 Å². The van der Waals surface area contributed by atoms with E-state index >= 15 is 0 Å². The van der Waals surface area contributed by atoms with Crippen molar-refractivity contribution in [1.29, 1.82) is 5.26 Å². The molecule has 1 aliphatic heterocycles. The van der Waals surface area contributed by atoms with Crippen molar-refractivity contribution < 1.29 is 9.53 Å². The second-order valence-electron chi connectivity index (χ2n) is 12.3. The zero-order valence-electron chi connectivity index (χ0n) is 24.5. The maximum absolute atomic E-state index is 13.4. The van der Waals surface area contributed by atoms with Crippen LogP contribution in [-0.2, 0) is 23.1 Å². The third-order valence-corrected chi connectivity index (χ3v) is 7.68. The van der Waals surface area contributed by atoms with E-state index in [1.165, 1.54) is 0 Å². The molecule has 1 N–H and O–H groups in total. The third-order valence-electron chi connectivity index (χ3n) is 7.68. The average Bonchev–Trinajstić information content (AvgIpc) is 3.70. The molecule has 0 unspecified atom stereocenters. The van der Waals surface area contributed by atoms with E-state index in [0.29, 0.717) is 42.2 Å². The number of benzene rings is 1. The fourth-order valence-electron chi connectivity index (χ4n) is 5.38. The number of hydrogen-bond donors (Lipinski definition) is 1. The lowest BCUT2D eigenvalue weighted by molar-refractivity contribution is 0.0224. The molecule has 1 saturated carbocycles. The molecule has 2 aliphatic rings. The fourth-order valence-corrected chi connectivity index (χ4v) is 5.38. The van der Waals surface area contributed by atoms with Crippen molar-refractivity contribution in [3.63, 3.8) is 0 Å². The molecule has 0 bridgehead atoms. The Labute approximate surface area is 243 Å². The Morgan fingerprint density at radius 1 is 1.14 bits per heavy atom. The van der Waals surface area contributed by atoms with Gasteiger partial charge in [-0.3, -0.25) is 9.78 Å². The van der Waals surface area contributed by atoms with Gasteiger partial charge in [0.1, 0.15) is 11.0 Å². The van der Waals surface area contributed by atoms with E-state index < -0.39 is 11.0 Å². The van der Waals surface area contributed by atoms with Gasteiger partial charge in [0, 0.05) is 37.2 Å². The lowest BCUT2D eigenvalue weighted by atomic mass is 9.99. The summed E-state index contributed by atoms with van der Waals surface area (Å²) >= 11 is 0. The lowest BCUT2D eigenvalue weighted by Gasteiger charge is -2.31. The van der Waals surface area contributed by atoms with Gasteiger partial charge in [0.2, 0.25) is 5.95 Å². The molecule has 1 aromatic carbocycles. The molecule has 1 aliphatic carbocycles. The number of amides is 1. The summed E-state index contributed by atoms with van der Waals surface area (Å²) in [6, 6.07) is 11.9. The van der Waals surface area contributed by atoms with Crippen molar-refractivity contribution in [3.05, 3.63) is 69.9 Å². The van der Waals surface area contributed by atoms with Crippen molar-refractivity contribution in [3.8, 4) is 11.8 Å². The number of hydrogen-bond acceptors (Lipinski definition) is 8. The van der Waals surface area contributed by atoms with Gasteiger partial charge in [0.05, 0.1) is 22.9 Å². The highest BCUT2D eigenvalue weighted by Gasteiger charge is 2.46. The van der Waals surface area contributed by atoms with Crippen LogP contribution in [0, 0.1) is 11.3 Å². The molecule has 42 heavy (non-hydrogen) atoms. The summed E-state index contributed by atoms with van der Waals surface area (Å²) in [5.41, 5.74) is 3.63. The summed E-state index contributed by atoms with van der Waals surface area (Å²) in [4.78, 5) is 41.4. The summed E-state index contributed by atoms with van der Waals surface area (Å²) < 4.78 is 9.00. The SMILES string of the molecule is CC(C)n1c(=O)c2cnc(Nc3ccc4c(c3)CCN(C(=O)OC(C)(C)C)C4)nc2n1-c1ccnc(C2(C#N)CC2)c1. The van der Waals surface area contributed by atoms with E-state index in [4.69, 9.17) is 9.72 Å². The number of nitrogens with one attached hydrogen (secondary N) is 1. The Morgan fingerprint density at radius 3 is 2.62 bits per heavy atom. The van der Waals surface area contributed by atoms with E-state index in [1.807, 2.05) is 65.0 Å². The van der Waals surface area contributed by atoms with Crippen LogP contribution in [0.4, 0.5) is 16.4 Å². The highest BCUT2D eigenvalue weighted by Crippen LogP contribution is 2.47. The predicted octanol–water partition coefficient (Wildman–Crippen LogP) is 5.15. The molecule has 11 heteroatoms. The first-order valence-corrected chi connectivity index (χ1v) is 14.2. The molecule has 0 radical (unpaired) electrons. The topological polar surface area (TPSA) is 131 Å². The van der Waals surface area contributed by atoms with Crippen molar-refractivity contribution in [2.75, 3.05) is 11.9 Å². The van der Waals surface area contributed by atoms with Gasteiger partial charge in [-0.1, -0.05) is 6.07 Å². The number of anilines is 2. The van der Waals surface area contributed by atoms with E-state index in [9.17, 15) is 14.9 Å². The van der Waals surface area contributed by atoms with E-state index in [1.54, 1.807) is 26.7 Å². The number of carbonyl (C=O) groups is 1. The van der Waals surface area contributed by atoms with Crippen molar-refractivity contribution in [1.82, 2.24) is 29.2 Å². The first-order chi connectivity index (χ1) is 20.0. The minimum absolute atomic E-state index is 0.147. The molecule has 4 heterocycles. The van der Waals surface area contributed by atoms with Gasteiger partial charge in [-0.15, -0.1) is 0 Å². The van der Waals surface area contributed by atoms with Gasteiger partial charge in [-0.2, -0.15) is 10.2 Å². The first-order valence-electron chi connectivity index (χ1n) is 14.2. The summed E-state index contributed by atoms with van der Waals surface area (Å²) in [6.45, 7) is 10.5. The number of nitriles is 1. The second-order valence-corrected chi connectivity index (χ2v) is 12.3. The Hall–Kier alpha value is -4.72. The van der Waals surface area contributed by atoms with E-state index in [0.717, 1.165) is 35.3 Å². The molecule has 4 aromatic rings. The van der Waals surface area contributed by atoms with Crippen molar-refractivity contribution >= 4 is 28.8 Å². The van der Waals surface area contributed by atoms with Crippen LogP contribution >= 0.6 is 0 Å². The highest BCUT2D eigenvalue weighted by molar-refractivity contribution is 5.77. The van der Waals surface area contributed by atoms with E-state index in [2.05, 4.69) is 21.4 Å². The Balaban J connectivity index is 1.32. The maximum atomic E-state index is 13.4. The van der Waals surface area contributed by atoms with Crippen LogP contribution in [0.3, 0.4) is 0 Å². The molecular weight excluding hydrogens is 532 g/mol. The number of nitrogens with zero attached hydrogens (tertiary/aromatic N) is 7. The summed E-state index contributed by atoms with van der Waals surface area (Å²) in [6.07, 6.45) is 5.19. The predicted molar refractivity (Wildman–Crippen MR) is 158 cm³/mol. The lowest BCUT2D eigenvalue weighted by Crippen LogP contribution is -2.39. The fraction of sp³-hybridized carbons (Fsp3) is 0.419. The molecule has 0 atom stereocenters. The number of rotatable bonds is 5. The zero-order chi connectivity index (χ0) is 29.8. The van der Waals surface area contributed by atoms with E-state index in [-0.39, 0.29) is 17.7 Å². The molecule has 0 spiro atoms. The largest absolute Gasteiger partial charge is 0.444 e. The summed E-state index contributed by atoms with van der Waals surface area (Å²) in [7, 11) is 0. The number of pyridine rings is 1. The molecule has 1 amide bonds. The van der Waals surface area contributed by atoms with Gasteiger partial charge in [-0.05, 0) is 89.3 Å². The number of fused-ring (bicyclic) bond motifs is 2. The normalized spacial score (nSPS) is 15.8. The number of carbonyl (C=O) groups excluding carboxylic acids is 1.